The van der Waals surface area contributed by atoms with Crippen molar-refractivity contribution >= 4 is 80.1 Å². The summed E-state index contributed by atoms with van der Waals surface area (Å²) in [5, 5.41) is 12.1. The van der Waals surface area contributed by atoms with Crippen LogP contribution in [0.15, 0.2) is 53.3 Å². The van der Waals surface area contributed by atoms with Crippen LogP contribution >= 0.6 is 39.1 Å². The van der Waals surface area contributed by atoms with Crippen molar-refractivity contribution in [1.82, 2.24) is 29.7 Å². The second-order valence-electron chi connectivity index (χ2n) is 11.4. The SMILES string of the molecule is CNc1nc(Nc2ccc(C3COCCN3C(=O)N3CCOCC3c3ccc(Nc4ncc(C(F)(F)F)c(NC)n4)c(Cl)c3)cc2Br)ncc1Cl. The van der Waals surface area contributed by atoms with Gasteiger partial charge >= 0.3 is 12.2 Å². The summed E-state index contributed by atoms with van der Waals surface area (Å²) in [6.07, 6.45) is -2.41. The van der Waals surface area contributed by atoms with Gasteiger partial charge in [-0.2, -0.15) is 23.1 Å². The van der Waals surface area contributed by atoms with E-state index in [1.165, 1.54) is 13.2 Å². The number of ether oxygens (including phenoxy) is 2. The Bertz CT molecular complexity index is 1910. The normalized spacial score (nSPS) is 18.0. The van der Waals surface area contributed by atoms with E-state index in [-0.39, 0.29) is 35.5 Å². The van der Waals surface area contributed by atoms with E-state index < -0.39 is 17.8 Å². The highest BCUT2D eigenvalue weighted by Crippen LogP contribution is 2.37. The minimum atomic E-state index is -4.62. The summed E-state index contributed by atoms with van der Waals surface area (Å²) in [4.78, 5) is 34.2. The zero-order valence-corrected chi connectivity index (χ0v) is 30.3. The molecular formula is C32H32BrCl2F3N10O3. The highest BCUT2D eigenvalue weighted by Gasteiger charge is 2.37. The third-order valence-electron chi connectivity index (χ3n) is 8.31. The lowest BCUT2D eigenvalue weighted by atomic mass is 10.0. The topological polar surface area (TPSA) is 142 Å². The third-order valence-corrected chi connectivity index (χ3v) is 9.55. The minimum absolute atomic E-state index is 0.0742. The summed E-state index contributed by atoms with van der Waals surface area (Å²) in [6, 6.07) is 9.84. The number of rotatable bonds is 8. The van der Waals surface area contributed by atoms with Crippen LogP contribution in [0.2, 0.25) is 10.0 Å². The van der Waals surface area contributed by atoms with E-state index >= 15 is 0 Å². The fourth-order valence-electron chi connectivity index (χ4n) is 5.75. The van der Waals surface area contributed by atoms with E-state index in [2.05, 4.69) is 57.1 Å². The van der Waals surface area contributed by atoms with Gasteiger partial charge in [0.1, 0.15) is 22.2 Å². The van der Waals surface area contributed by atoms with Crippen molar-refractivity contribution in [2.45, 2.75) is 18.3 Å². The lowest BCUT2D eigenvalue weighted by Gasteiger charge is -2.43. The van der Waals surface area contributed by atoms with Crippen LogP contribution in [0.4, 0.5) is 52.9 Å². The molecular weight excluding hydrogens is 780 g/mol. The maximum atomic E-state index is 14.3. The van der Waals surface area contributed by atoms with Crippen LogP contribution in [0.5, 0.6) is 0 Å². The number of hydrogen-bond donors (Lipinski definition) is 4. The molecule has 2 unspecified atom stereocenters. The van der Waals surface area contributed by atoms with Gasteiger partial charge in [-0.15, -0.1) is 0 Å². The van der Waals surface area contributed by atoms with Crippen molar-refractivity contribution in [3.8, 4) is 0 Å². The Hall–Kier alpha value is -4.16. The molecule has 2 aliphatic heterocycles. The first-order valence-electron chi connectivity index (χ1n) is 15.6. The molecule has 0 spiro atoms. The molecule has 0 aliphatic carbocycles. The first-order chi connectivity index (χ1) is 24.5. The Morgan fingerprint density at radius 2 is 1.37 bits per heavy atom. The predicted molar refractivity (Wildman–Crippen MR) is 191 cm³/mol. The lowest BCUT2D eigenvalue weighted by Crippen LogP contribution is -2.53. The van der Waals surface area contributed by atoms with E-state index in [1.54, 1.807) is 35.0 Å². The smallest absolute Gasteiger partial charge is 0.377 e. The average Bonchev–Trinajstić information content (AvgIpc) is 3.13. The second kappa shape index (κ2) is 15.6. The zero-order chi connectivity index (χ0) is 36.3. The van der Waals surface area contributed by atoms with Gasteiger partial charge in [0, 0.05) is 37.9 Å². The van der Waals surface area contributed by atoms with E-state index in [0.29, 0.717) is 67.3 Å². The number of alkyl halides is 3. The van der Waals surface area contributed by atoms with Gasteiger partial charge in [-0.1, -0.05) is 35.3 Å². The number of urea groups is 1. The van der Waals surface area contributed by atoms with Crippen molar-refractivity contribution in [2.24, 2.45) is 0 Å². The number of nitrogens with one attached hydrogen (secondary N) is 4. The molecule has 2 saturated heterocycles. The van der Waals surface area contributed by atoms with Gasteiger partial charge in [-0.25, -0.2) is 14.8 Å². The van der Waals surface area contributed by atoms with E-state index in [0.717, 1.165) is 15.6 Å². The van der Waals surface area contributed by atoms with Crippen LogP contribution in [0.1, 0.15) is 28.8 Å². The minimum Gasteiger partial charge on any atom is -0.377 e. The molecule has 4 heterocycles. The van der Waals surface area contributed by atoms with Gasteiger partial charge in [0.25, 0.3) is 0 Å². The largest absolute Gasteiger partial charge is 0.421 e. The maximum Gasteiger partial charge on any atom is 0.421 e. The van der Waals surface area contributed by atoms with Gasteiger partial charge in [0.2, 0.25) is 11.9 Å². The van der Waals surface area contributed by atoms with E-state index in [1.807, 2.05) is 18.2 Å². The Morgan fingerprint density at radius 1 is 0.824 bits per heavy atom. The molecule has 2 aromatic heterocycles. The summed E-state index contributed by atoms with van der Waals surface area (Å²) in [5.41, 5.74) is 1.68. The number of hydrogen-bond acceptors (Lipinski definition) is 11. The van der Waals surface area contributed by atoms with Crippen LogP contribution < -0.4 is 21.3 Å². The predicted octanol–water partition coefficient (Wildman–Crippen LogP) is 7.49. The molecule has 0 bridgehead atoms. The quantitative estimate of drug-likeness (QED) is 0.141. The van der Waals surface area contributed by atoms with Crippen LogP contribution in [-0.4, -0.2) is 89.4 Å². The molecule has 2 aromatic carbocycles. The first-order valence-corrected chi connectivity index (χ1v) is 17.2. The Morgan fingerprint density at radius 3 is 1.94 bits per heavy atom. The van der Waals surface area contributed by atoms with Gasteiger partial charge in [0.15, 0.2) is 0 Å². The molecule has 2 fully saturated rings. The number of benzene rings is 2. The number of amides is 2. The molecule has 2 aliphatic rings. The van der Waals surface area contributed by atoms with Crippen LogP contribution in [0.3, 0.4) is 0 Å². The van der Waals surface area contributed by atoms with Crippen molar-refractivity contribution in [3.05, 3.63) is 80.0 Å². The first kappa shape index (κ1) is 36.6. The molecule has 4 N–H and O–H groups in total. The molecule has 19 heteroatoms. The molecule has 0 radical (unpaired) electrons. The number of aromatic nitrogens is 4. The number of halogens is 6. The van der Waals surface area contributed by atoms with Crippen molar-refractivity contribution in [2.75, 3.05) is 74.9 Å². The molecule has 4 aromatic rings. The molecule has 2 atom stereocenters. The molecule has 2 amide bonds. The van der Waals surface area contributed by atoms with E-state index in [9.17, 15) is 18.0 Å². The Kier molecular flexibility index (Phi) is 11.2. The van der Waals surface area contributed by atoms with Gasteiger partial charge in [-0.05, 0) is 51.3 Å². The fraction of sp³-hybridized carbons (Fsp3) is 0.344. The summed E-state index contributed by atoms with van der Waals surface area (Å²) >= 11 is 16.4. The third kappa shape index (κ3) is 8.17. The second-order valence-corrected chi connectivity index (χ2v) is 13.1. The lowest BCUT2D eigenvalue weighted by molar-refractivity contribution is -0.137. The molecule has 13 nitrogen and oxygen atoms in total. The highest BCUT2D eigenvalue weighted by atomic mass is 79.9. The van der Waals surface area contributed by atoms with Crippen molar-refractivity contribution < 1.29 is 27.4 Å². The Balaban J connectivity index is 1.19. The summed E-state index contributed by atoms with van der Waals surface area (Å²) in [6.45, 7) is 2.01. The number of carbonyl (C=O) groups is 1. The fourth-order valence-corrected chi connectivity index (χ4v) is 6.66. The van der Waals surface area contributed by atoms with Crippen LogP contribution in [-0.2, 0) is 15.7 Å². The average molecular weight is 812 g/mol. The summed E-state index contributed by atoms with van der Waals surface area (Å²) < 4.78 is 52.3. The molecule has 0 saturated carbocycles. The highest BCUT2D eigenvalue weighted by molar-refractivity contribution is 9.10. The standard InChI is InChI=1S/C32H32BrCl2F3N10O3/c1-39-27-19(32(36,37)38)13-41-29(45-27)44-24-6-4-18(12-21(24)34)26-16-51-10-8-48(26)31(49)47-7-9-50-15-25(47)17-3-5-23(20(33)11-17)43-30-42-14-22(35)28(40-2)46-30/h3-6,11-14,25-26H,7-10,15-16H2,1-2H3,(H2,39,41,44,45)(H2,40,42,43,46). The van der Waals surface area contributed by atoms with Crippen LogP contribution in [0.25, 0.3) is 0 Å². The monoisotopic (exact) mass is 810 g/mol. The number of anilines is 6. The number of nitrogens with zero attached hydrogens (tertiary/aromatic N) is 6. The zero-order valence-electron chi connectivity index (χ0n) is 27.2. The molecule has 6 rings (SSSR count). The number of carbonyl (C=O) groups excluding carboxylic acids is 1. The molecule has 51 heavy (non-hydrogen) atoms. The molecule has 270 valence electrons. The maximum absolute atomic E-state index is 14.3. The summed E-state index contributed by atoms with van der Waals surface area (Å²) in [5.74, 6) is 0.393. The van der Waals surface area contributed by atoms with Crippen molar-refractivity contribution in [1.29, 1.82) is 0 Å². The van der Waals surface area contributed by atoms with Crippen molar-refractivity contribution in [3.63, 3.8) is 0 Å². The summed E-state index contributed by atoms with van der Waals surface area (Å²) in [7, 11) is 3.06. The van der Waals surface area contributed by atoms with Gasteiger partial charge in [0.05, 0.1) is 61.1 Å². The van der Waals surface area contributed by atoms with E-state index in [4.69, 9.17) is 32.7 Å². The van der Waals surface area contributed by atoms with Crippen LogP contribution in [0, 0.1) is 0 Å². The number of morpholine rings is 2. The van der Waals surface area contributed by atoms with Gasteiger partial charge < -0.3 is 40.5 Å². The van der Waals surface area contributed by atoms with Gasteiger partial charge in [-0.3, -0.25) is 0 Å². The Labute approximate surface area is 309 Å².